The van der Waals surface area contributed by atoms with Gasteiger partial charge in [-0.2, -0.15) is 8.42 Å². The summed E-state index contributed by atoms with van der Waals surface area (Å²) in [4.78, 5) is 0. The summed E-state index contributed by atoms with van der Waals surface area (Å²) >= 11 is 0. The largest absolute Gasteiger partial charge is 0.493 e. The van der Waals surface area contributed by atoms with Crippen LogP contribution in [0.1, 0.15) is 12.8 Å². The average molecular weight is 318 g/mol. The molecule has 0 atom stereocenters. The zero-order chi connectivity index (χ0) is 16.1. The summed E-state index contributed by atoms with van der Waals surface area (Å²) in [5.41, 5.74) is 1.04. The normalized spacial score (nSPS) is 12.2. The van der Waals surface area contributed by atoms with E-state index in [1.807, 2.05) is 32.3 Å². The van der Waals surface area contributed by atoms with Crippen LogP contribution in [0, 0.1) is 0 Å². The van der Waals surface area contributed by atoms with Crippen molar-refractivity contribution in [2.45, 2.75) is 12.8 Å². The minimum atomic E-state index is -3.87. The molecule has 7 heteroatoms. The smallest absolute Gasteiger partial charge is 0.264 e. The highest BCUT2D eigenvalue weighted by atomic mass is 32.2. The molecule has 0 saturated heterocycles. The van der Waals surface area contributed by atoms with E-state index in [4.69, 9.17) is 14.0 Å². The Morgan fingerprint density at radius 2 is 1.71 bits per heavy atom. The maximum absolute atomic E-state index is 10.7. The van der Waals surface area contributed by atoms with Crippen molar-refractivity contribution in [1.29, 1.82) is 0 Å². The van der Waals surface area contributed by atoms with E-state index in [2.05, 4.69) is 0 Å². The monoisotopic (exact) mass is 318 g/mol. The third-order valence-corrected chi connectivity index (χ3v) is 4.24. The second-order valence-corrected chi connectivity index (χ2v) is 7.01. The van der Waals surface area contributed by atoms with Crippen LogP contribution < -0.4 is 14.0 Å². The number of benzene rings is 1. The molecule has 1 aromatic rings. The van der Waals surface area contributed by atoms with Crippen molar-refractivity contribution >= 4 is 15.8 Å². The molecule has 21 heavy (non-hydrogen) atoms. The van der Waals surface area contributed by atoms with Crippen LogP contribution in [0.15, 0.2) is 18.2 Å². The first-order valence-electron chi connectivity index (χ1n) is 6.70. The predicted molar refractivity (Wildman–Crippen MR) is 83.7 cm³/mol. The van der Waals surface area contributed by atoms with E-state index in [1.165, 1.54) is 0 Å². The lowest BCUT2D eigenvalue weighted by Crippen LogP contribution is -2.41. The Balaban J connectivity index is 2.73. The molecule has 120 valence electrons. The fourth-order valence-electron chi connectivity index (χ4n) is 2.12. The molecule has 1 N–H and O–H groups in total. The van der Waals surface area contributed by atoms with Crippen LogP contribution in [0.4, 0.5) is 5.69 Å². The fourth-order valence-corrected chi connectivity index (χ4v) is 2.69. The van der Waals surface area contributed by atoms with Crippen LogP contribution in [0.2, 0.25) is 0 Å². The van der Waals surface area contributed by atoms with Gasteiger partial charge in [0.1, 0.15) is 5.69 Å². The molecule has 0 heterocycles. The molecule has 1 rings (SSSR count). The van der Waals surface area contributed by atoms with Gasteiger partial charge in [0, 0.05) is 12.1 Å². The van der Waals surface area contributed by atoms with Gasteiger partial charge in [0.2, 0.25) is 0 Å². The van der Waals surface area contributed by atoms with E-state index in [1.54, 1.807) is 14.2 Å². The fraction of sp³-hybridized carbons (Fsp3) is 0.571. The lowest BCUT2D eigenvalue weighted by Gasteiger charge is -2.29. The SMILES string of the molecule is COc1ccc([N+](C)(C)CCCCS(=O)(=O)O)cc1OC. The summed E-state index contributed by atoms with van der Waals surface area (Å²) in [7, 11) is 3.38. The van der Waals surface area contributed by atoms with Gasteiger partial charge in [0.05, 0.1) is 40.6 Å². The first-order chi connectivity index (χ1) is 9.69. The Kier molecular flexibility index (Phi) is 6.00. The van der Waals surface area contributed by atoms with Crippen molar-refractivity contribution in [2.24, 2.45) is 0 Å². The number of hydrogen-bond acceptors (Lipinski definition) is 4. The lowest BCUT2D eigenvalue weighted by atomic mass is 10.2. The van der Waals surface area contributed by atoms with Crippen molar-refractivity contribution in [3.63, 3.8) is 0 Å². The van der Waals surface area contributed by atoms with Crippen LogP contribution in [0.5, 0.6) is 11.5 Å². The Morgan fingerprint density at radius 3 is 2.24 bits per heavy atom. The molecule has 1 aromatic carbocycles. The van der Waals surface area contributed by atoms with Gasteiger partial charge in [-0.05, 0) is 18.9 Å². The van der Waals surface area contributed by atoms with Crippen molar-refractivity contribution in [3.05, 3.63) is 18.2 Å². The lowest BCUT2D eigenvalue weighted by molar-refractivity contribution is 0.349. The quantitative estimate of drug-likeness (QED) is 0.450. The molecule has 6 nitrogen and oxygen atoms in total. The summed E-state index contributed by atoms with van der Waals surface area (Å²) in [6.45, 7) is 0.755. The van der Waals surface area contributed by atoms with E-state index in [-0.39, 0.29) is 5.75 Å². The van der Waals surface area contributed by atoms with Crippen molar-refractivity contribution in [3.8, 4) is 11.5 Å². The first kappa shape index (κ1) is 17.7. The predicted octanol–water partition coefficient (Wildman–Crippen LogP) is 1.94. The Hall–Kier alpha value is -1.31. The zero-order valence-corrected chi connectivity index (χ0v) is 13.8. The van der Waals surface area contributed by atoms with Gasteiger partial charge < -0.3 is 9.47 Å². The number of quaternary nitrogens is 1. The molecule has 0 bridgehead atoms. The molecule has 0 aromatic heterocycles. The van der Waals surface area contributed by atoms with Crippen LogP contribution in [-0.2, 0) is 10.1 Å². The molecule has 0 saturated carbocycles. The number of rotatable bonds is 8. The van der Waals surface area contributed by atoms with E-state index in [0.29, 0.717) is 28.8 Å². The first-order valence-corrected chi connectivity index (χ1v) is 8.31. The minimum Gasteiger partial charge on any atom is -0.493 e. The van der Waals surface area contributed by atoms with Crippen molar-refractivity contribution in [2.75, 3.05) is 40.6 Å². The van der Waals surface area contributed by atoms with E-state index < -0.39 is 10.1 Å². The number of unbranched alkanes of at least 4 members (excludes halogenated alkanes) is 1. The third kappa shape index (κ3) is 5.53. The van der Waals surface area contributed by atoms with Crippen molar-refractivity contribution < 1.29 is 22.4 Å². The molecule has 0 unspecified atom stereocenters. The van der Waals surface area contributed by atoms with Gasteiger partial charge in [0.15, 0.2) is 11.5 Å². The van der Waals surface area contributed by atoms with E-state index >= 15 is 0 Å². The summed E-state index contributed by atoms with van der Waals surface area (Å²) in [6, 6.07) is 5.73. The second kappa shape index (κ2) is 7.11. The molecule has 0 aliphatic carbocycles. The standard InChI is InChI=1S/C14H23NO5S/c1-15(2,9-5-6-10-21(16,17)18)12-7-8-13(19-3)14(11-12)20-4/h7-8,11H,5-6,9-10H2,1-4H3/p+1. The van der Waals surface area contributed by atoms with Gasteiger partial charge in [-0.25, -0.2) is 0 Å². The van der Waals surface area contributed by atoms with Crippen LogP contribution in [0.25, 0.3) is 0 Å². The van der Waals surface area contributed by atoms with Crippen LogP contribution in [-0.4, -0.2) is 53.6 Å². The average Bonchev–Trinajstić information content (AvgIpc) is 2.41. The molecule has 0 aliphatic heterocycles. The van der Waals surface area contributed by atoms with Gasteiger partial charge in [-0.15, -0.1) is 0 Å². The highest BCUT2D eigenvalue weighted by Gasteiger charge is 2.21. The second-order valence-electron chi connectivity index (χ2n) is 5.44. The zero-order valence-electron chi connectivity index (χ0n) is 13.0. The number of hydrogen-bond donors (Lipinski definition) is 1. The van der Waals surface area contributed by atoms with Gasteiger partial charge in [-0.1, -0.05) is 0 Å². The maximum atomic E-state index is 10.7. The molecule has 0 aliphatic rings. The molecular formula is C14H24NO5S+. The van der Waals surface area contributed by atoms with Gasteiger partial charge in [0.25, 0.3) is 10.1 Å². The van der Waals surface area contributed by atoms with Gasteiger partial charge >= 0.3 is 0 Å². The molecular weight excluding hydrogens is 294 g/mol. The van der Waals surface area contributed by atoms with Crippen LogP contribution in [0.3, 0.4) is 0 Å². The number of nitrogens with zero attached hydrogens (tertiary/aromatic N) is 1. The summed E-state index contributed by atoms with van der Waals surface area (Å²) in [6.07, 6.45) is 1.13. The summed E-state index contributed by atoms with van der Waals surface area (Å²) in [5.74, 6) is 1.14. The number of ether oxygens (including phenoxy) is 2. The summed E-state index contributed by atoms with van der Waals surface area (Å²) < 4.78 is 41.2. The maximum Gasteiger partial charge on any atom is 0.264 e. The van der Waals surface area contributed by atoms with Crippen molar-refractivity contribution in [1.82, 2.24) is 4.48 Å². The van der Waals surface area contributed by atoms with Crippen LogP contribution >= 0.6 is 0 Å². The van der Waals surface area contributed by atoms with E-state index in [0.717, 1.165) is 12.2 Å². The Labute approximate surface area is 126 Å². The molecule has 0 amide bonds. The minimum absolute atomic E-state index is 0.196. The number of methoxy groups -OCH3 is 2. The molecule has 0 spiro atoms. The third-order valence-electron chi connectivity index (χ3n) is 3.44. The highest BCUT2D eigenvalue weighted by molar-refractivity contribution is 7.85. The Morgan fingerprint density at radius 1 is 1.10 bits per heavy atom. The van der Waals surface area contributed by atoms with Gasteiger partial charge in [-0.3, -0.25) is 9.04 Å². The Bertz CT molecular complexity index is 569. The highest BCUT2D eigenvalue weighted by Crippen LogP contribution is 2.33. The van der Waals surface area contributed by atoms with E-state index in [9.17, 15) is 8.42 Å². The molecule has 0 radical (unpaired) electrons. The summed E-state index contributed by atoms with van der Waals surface area (Å²) in [5, 5.41) is 0. The molecule has 0 fully saturated rings. The topological polar surface area (TPSA) is 72.8 Å².